The molecule has 0 unspecified atom stereocenters. The number of rotatable bonds is 5. The molecular weight excluding hydrogens is 307 g/mol. The second-order valence-electron chi connectivity index (χ2n) is 3.64. The minimum Gasteiger partial charge on any atom is -0.479 e. The first-order valence-corrected chi connectivity index (χ1v) is 6.07. The predicted molar refractivity (Wildman–Crippen MR) is 66.4 cm³/mol. The van der Waals surface area contributed by atoms with E-state index in [0.717, 1.165) is 6.07 Å². The Kier molecular flexibility index (Phi) is 4.84. The van der Waals surface area contributed by atoms with Crippen LogP contribution in [0.25, 0.3) is 0 Å². The fraction of sp³-hybridized carbons (Fsp3) is 0.333. The molecular formula is C12H12BrFO4. The van der Waals surface area contributed by atoms with Crippen molar-refractivity contribution in [2.45, 2.75) is 26.4 Å². The van der Waals surface area contributed by atoms with Crippen molar-refractivity contribution in [3.05, 3.63) is 28.0 Å². The Morgan fingerprint density at radius 3 is 2.61 bits per heavy atom. The zero-order valence-electron chi connectivity index (χ0n) is 9.87. The lowest BCUT2D eigenvalue weighted by Crippen LogP contribution is -2.24. The monoisotopic (exact) mass is 318 g/mol. The molecule has 4 nitrogen and oxygen atoms in total. The summed E-state index contributed by atoms with van der Waals surface area (Å²) in [6.45, 7) is 2.96. The van der Waals surface area contributed by atoms with Crippen molar-refractivity contribution in [3.8, 4) is 5.75 Å². The van der Waals surface area contributed by atoms with Crippen LogP contribution < -0.4 is 4.74 Å². The molecule has 1 N–H and O–H groups in total. The summed E-state index contributed by atoms with van der Waals surface area (Å²) in [6, 6.07) is 2.30. The SMILES string of the molecule is CCC(=O)c1cc(Br)c(F)cc1O[C@@H](C)C(=O)O. The lowest BCUT2D eigenvalue weighted by atomic mass is 10.1. The van der Waals surface area contributed by atoms with Gasteiger partial charge < -0.3 is 9.84 Å². The summed E-state index contributed by atoms with van der Waals surface area (Å²) >= 11 is 2.97. The molecule has 1 atom stereocenters. The van der Waals surface area contributed by atoms with Crippen LogP contribution in [0.15, 0.2) is 16.6 Å². The van der Waals surface area contributed by atoms with E-state index < -0.39 is 17.9 Å². The predicted octanol–water partition coefficient (Wildman–Crippen LogP) is 3.03. The topological polar surface area (TPSA) is 63.6 Å². The molecule has 1 aromatic carbocycles. The summed E-state index contributed by atoms with van der Waals surface area (Å²) in [4.78, 5) is 22.4. The summed E-state index contributed by atoms with van der Waals surface area (Å²) in [7, 11) is 0. The van der Waals surface area contributed by atoms with Crippen molar-refractivity contribution < 1.29 is 23.8 Å². The number of Topliss-reactive ketones (excluding diaryl/α,β-unsaturated/α-hetero) is 1. The van der Waals surface area contributed by atoms with Gasteiger partial charge in [0.25, 0.3) is 0 Å². The third kappa shape index (κ3) is 3.29. The third-order valence-corrected chi connectivity index (χ3v) is 2.90. The number of halogens is 2. The van der Waals surface area contributed by atoms with Crippen LogP contribution in [-0.4, -0.2) is 23.0 Å². The van der Waals surface area contributed by atoms with Gasteiger partial charge in [0.15, 0.2) is 11.9 Å². The molecule has 0 aliphatic heterocycles. The molecule has 0 aliphatic rings. The van der Waals surface area contributed by atoms with Crippen LogP contribution in [-0.2, 0) is 4.79 Å². The van der Waals surface area contributed by atoms with E-state index in [1.807, 2.05) is 0 Å². The van der Waals surface area contributed by atoms with E-state index in [-0.39, 0.29) is 28.0 Å². The van der Waals surface area contributed by atoms with Gasteiger partial charge >= 0.3 is 5.97 Å². The molecule has 0 aromatic heterocycles. The third-order valence-electron chi connectivity index (χ3n) is 2.30. The van der Waals surface area contributed by atoms with Gasteiger partial charge in [-0.25, -0.2) is 9.18 Å². The van der Waals surface area contributed by atoms with Gasteiger partial charge in [-0.2, -0.15) is 0 Å². The molecule has 0 fully saturated rings. The lowest BCUT2D eigenvalue weighted by Gasteiger charge is -2.14. The van der Waals surface area contributed by atoms with Crippen molar-refractivity contribution in [2.75, 3.05) is 0 Å². The van der Waals surface area contributed by atoms with E-state index in [0.29, 0.717) is 0 Å². The number of ketones is 1. The van der Waals surface area contributed by atoms with Crippen LogP contribution in [0.2, 0.25) is 0 Å². The Balaban J connectivity index is 3.19. The largest absolute Gasteiger partial charge is 0.479 e. The van der Waals surface area contributed by atoms with Gasteiger partial charge in [-0.3, -0.25) is 4.79 Å². The van der Waals surface area contributed by atoms with Crippen molar-refractivity contribution in [2.24, 2.45) is 0 Å². The standard InChI is InChI=1S/C12H12BrFO4/c1-3-10(15)7-4-8(13)9(14)5-11(7)18-6(2)12(16)17/h4-6H,3H2,1-2H3,(H,16,17)/t6-/m0/s1. The van der Waals surface area contributed by atoms with Gasteiger partial charge in [-0.15, -0.1) is 0 Å². The van der Waals surface area contributed by atoms with Crippen LogP contribution in [0.4, 0.5) is 4.39 Å². The van der Waals surface area contributed by atoms with Gasteiger partial charge in [0.05, 0.1) is 10.0 Å². The average molecular weight is 319 g/mol. The van der Waals surface area contributed by atoms with E-state index in [4.69, 9.17) is 9.84 Å². The molecule has 0 radical (unpaired) electrons. The van der Waals surface area contributed by atoms with Crippen molar-refractivity contribution in [3.63, 3.8) is 0 Å². The van der Waals surface area contributed by atoms with Gasteiger partial charge in [-0.1, -0.05) is 6.92 Å². The van der Waals surface area contributed by atoms with Gasteiger partial charge in [0.1, 0.15) is 11.6 Å². The highest BCUT2D eigenvalue weighted by atomic mass is 79.9. The van der Waals surface area contributed by atoms with Crippen LogP contribution in [0.1, 0.15) is 30.6 Å². The number of carboxylic acid groups (broad SMARTS) is 1. The first-order valence-electron chi connectivity index (χ1n) is 5.28. The van der Waals surface area contributed by atoms with Crippen molar-refractivity contribution in [1.29, 1.82) is 0 Å². The minimum atomic E-state index is -1.19. The molecule has 1 rings (SSSR count). The molecule has 0 aliphatic carbocycles. The maximum Gasteiger partial charge on any atom is 0.344 e. The fourth-order valence-electron chi connectivity index (χ4n) is 1.28. The second kappa shape index (κ2) is 5.95. The van der Waals surface area contributed by atoms with Crippen LogP contribution in [0.5, 0.6) is 5.75 Å². The maximum absolute atomic E-state index is 13.4. The van der Waals surface area contributed by atoms with Crippen molar-refractivity contribution in [1.82, 2.24) is 0 Å². The summed E-state index contributed by atoms with van der Waals surface area (Å²) in [5.74, 6) is -2.11. The molecule has 98 valence electrons. The normalized spacial score (nSPS) is 12.0. The van der Waals surface area contributed by atoms with Crippen LogP contribution >= 0.6 is 15.9 Å². The fourth-order valence-corrected chi connectivity index (χ4v) is 1.62. The molecule has 0 heterocycles. The average Bonchev–Trinajstić information content (AvgIpc) is 2.32. The Hall–Kier alpha value is -1.43. The second-order valence-corrected chi connectivity index (χ2v) is 4.49. The van der Waals surface area contributed by atoms with Crippen molar-refractivity contribution >= 4 is 27.7 Å². The van der Waals surface area contributed by atoms with E-state index in [9.17, 15) is 14.0 Å². The first kappa shape index (κ1) is 14.6. The Morgan fingerprint density at radius 1 is 1.50 bits per heavy atom. The Morgan fingerprint density at radius 2 is 2.11 bits per heavy atom. The smallest absolute Gasteiger partial charge is 0.344 e. The van der Waals surface area contributed by atoms with Gasteiger partial charge in [-0.05, 0) is 28.9 Å². The van der Waals surface area contributed by atoms with E-state index in [1.165, 1.54) is 13.0 Å². The molecule has 0 spiro atoms. The van der Waals surface area contributed by atoms with Gasteiger partial charge in [0, 0.05) is 12.5 Å². The van der Waals surface area contributed by atoms with E-state index in [2.05, 4.69) is 15.9 Å². The zero-order valence-corrected chi connectivity index (χ0v) is 11.5. The highest BCUT2D eigenvalue weighted by molar-refractivity contribution is 9.10. The summed E-state index contributed by atoms with van der Waals surface area (Å²) in [5, 5.41) is 8.74. The molecule has 0 bridgehead atoms. The number of carboxylic acids is 1. The number of carbonyl (C=O) groups excluding carboxylic acids is 1. The number of carbonyl (C=O) groups is 2. The molecule has 0 saturated carbocycles. The quantitative estimate of drug-likeness (QED) is 0.847. The number of benzene rings is 1. The molecule has 6 heteroatoms. The number of hydrogen-bond donors (Lipinski definition) is 1. The summed E-state index contributed by atoms with van der Waals surface area (Å²) in [5.41, 5.74) is 0.166. The number of hydrogen-bond acceptors (Lipinski definition) is 3. The Labute approximate surface area is 112 Å². The van der Waals surface area contributed by atoms with Crippen LogP contribution in [0, 0.1) is 5.82 Å². The summed E-state index contributed by atoms with van der Waals surface area (Å²) < 4.78 is 18.6. The van der Waals surface area contributed by atoms with Gasteiger partial charge in [0.2, 0.25) is 0 Å². The molecule has 0 saturated heterocycles. The minimum absolute atomic E-state index is 0.0579. The molecule has 0 amide bonds. The van der Waals surface area contributed by atoms with E-state index in [1.54, 1.807) is 6.92 Å². The molecule has 1 aromatic rings. The highest BCUT2D eigenvalue weighted by Gasteiger charge is 2.19. The maximum atomic E-state index is 13.4. The molecule has 18 heavy (non-hydrogen) atoms. The number of aliphatic carboxylic acids is 1. The summed E-state index contributed by atoms with van der Waals surface area (Å²) in [6.07, 6.45) is -0.940. The number of ether oxygens (including phenoxy) is 1. The Bertz CT molecular complexity index is 487. The van der Waals surface area contributed by atoms with E-state index >= 15 is 0 Å². The lowest BCUT2D eigenvalue weighted by molar-refractivity contribution is -0.144. The zero-order chi connectivity index (χ0) is 13.9. The first-order chi connectivity index (χ1) is 8.36. The van der Waals surface area contributed by atoms with Crippen LogP contribution in [0.3, 0.4) is 0 Å². The highest BCUT2D eigenvalue weighted by Crippen LogP contribution is 2.28.